The van der Waals surface area contributed by atoms with E-state index in [4.69, 9.17) is 8.83 Å². The van der Waals surface area contributed by atoms with Gasteiger partial charge in [0.1, 0.15) is 16.7 Å². The highest BCUT2D eigenvalue weighted by Gasteiger charge is 2.22. The number of benzene rings is 8. The zero-order valence-electron chi connectivity index (χ0n) is 25.4. The highest BCUT2D eigenvalue weighted by atomic mass is 16.3. The second-order valence-electron chi connectivity index (χ2n) is 12.1. The predicted octanol–water partition coefficient (Wildman–Crippen LogP) is 12.9. The molecule has 0 saturated heterocycles. The van der Waals surface area contributed by atoms with Crippen molar-refractivity contribution in [3.63, 3.8) is 0 Å². The van der Waals surface area contributed by atoms with Crippen LogP contribution in [-0.4, -0.2) is 0 Å². The number of furan rings is 2. The standard InChI is InChI=1S/C44H27NO2/c1-2-14-32-30(11-1)26-40(34-16-4-3-15-33(32)34)45(39-20-10-19-38-36-18-6-8-22-42(36)47-44(38)39)31-13-9-12-28(25-31)29-23-24-37-35-17-5-7-21-41(35)46-43(37)27-29/h1-27H. The molecule has 0 atom stereocenters. The third kappa shape index (κ3) is 4.00. The van der Waals surface area contributed by atoms with Crippen LogP contribution in [0.1, 0.15) is 0 Å². The number of rotatable bonds is 4. The molecule has 0 fully saturated rings. The van der Waals surface area contributed by atoms with Crippen LogP contribution in [-0.2, 0) is 0 Å². The first-order chi connectivity index (χ1) is 23.3. The highest BCUT2D eigenvalue weighted by molar-refractivity contribution is 6.17. The molecule has 0 bridgehead atoms. The first-order valence-corrected chi connectivity index (χ1v) is 15.9. The van der Waals surface area contributed by atoms with E-state index in [0.29, 0.717) is 0 Å². The Morgan fingerprint density at radius 3 is 1.81 bits per heavy atom. The van der Waals surface area contributed by atoms with E-state index < -0.39 is 0 Å². The van der Waals surface area contributed by atoms with Crippen LogP contribution in [0.15, 0.2) is 173 Å². The maximum absolute atomic E-state index is 6.64. The zero-order chi connectivity index (χ0) is 30.9. The molecule has 0 spiro atoms. The quantitative estimate of drug-likeness (QED) is 0.188. The summed E-state index contributed by atoms with van der Waals surface area (Å²) in [7, 11) is 0. The molecule has 10 aromatic rings. The fourth-order valence-corrected chi connectivity index (χ4v) is 7.27. The Morgan fingerprint density at radius 2 is 0.957 bits per heavy atom. The first kappa shape index (κ1) is 26.0. The number of fused-ring (bicyclic) bond motifs is 9. The maximum Gasteiger partial charge on any atom is 0.159 e. The van der Waals surface area contributed by atoms with E-state index in [2.05, 4.69) is 144 Å². The fourth-order valence-electron chi connectivity index (χ4n) is 7.27. The van der Waals surface area contributed by atoms with E-state index in [1.165, 1.54) is 21.5 Å². The molecule has 10 rings (SSSR count). The van der Waals surface area contributed by atoms with Crippen molar-refractivity contribution in [1.82, 2.24) is 0 Å². The average molecular weight is 602 g/mol. The van der Waals surface area contributed by atoms with Crippen LogP contribution in [0.4, 0.5) is 17.1 Å². The molecule has 0 radical (unpaired) electrons. The Bertz CT molecular complexity index is 2820. The van der Waals surface area contributed by atoms with Gasteiger partial charge in [-0.3, -0.25) is 0 Å². The lowest BCUT2D eigenvalue weighted by Crippen LogP contribution is -2.11. The molecule has 8 aromatic carbocycles. The number of hydrogen-bond acceptors (Lipinski definition) is 3. The van der Waals surface area contributed by atoms with Gasteiger partial charge < -0.3 is 13.7 Å². The van der Waals surface area contributed by atoms with Crippen molar-refractivity contribution >= 4 is 82.5 Å². The summed E-state index contributed by atoms with van der Waals surface area (Å²) >= 11 is 0. The molecule has 2 aromatic heterocycles. The highest BCUT2D eigenvalue weighted by Crippen LogP contribution is 2.46. The number of anilines is 3. The minimum Gasteiger partial charge on any atom is -0.456 e. The Balaban J connectivity index is 1.24. The summed E-state index contributed by atoms with van der Waals surface area (Å²) in [4.78, 5) is 2.36. The van der Waals surface area contributed by atoms with Gasteiger partial charge in [-0.05, 0) is 75.8 Å². The van der Waals surface area contributed by atoms with Crippen molar-refractivity contribution < 1.29 is 8.83 Å². The van der Waals surface area contributed by atoms with Gasteiger partial charge in [0.2, 0.25) is 0 Å². The van der Waals surface area contributed by atoms with Crippen LogP contribution in [0.2, 0.25) is 0 Å². The Labute approximate surface area is 270 Å². The molecule has 220 valence electrons. The third-order valence-electron chi connectivity index (χ3n) is 9.43. The van der Waals surface area contributed by atoms with Crippen LogP contribution in [0.25, 0.3) is 76.5 Å². The summed E-state index contributed by atoms with van der Waals surface area (Å²) in [5.74, 6) is 0. The average Bonchev–Trinajstić information content (AvgIpc) is 3.70. The smallest absolute Gasteiger partial charge is 0.159 e. The molecule has 3 heteroatoms. The van der Waals surface area contributed by atoms with Crippen LogP contribution in [0.3, 0.4) is 0 Å². The second kappa shape index (κ2) is 10.1. The molecule has 0 aliphatic heterocycles. The summed E-state index contributed by atoms with van der Waals surface area (Å²) in [6.07, 6.45) is 0. The molecule has 47 heavy (non-hydrogen) atoms. The van der Waals surface area contributed by atoms with Crippen molar-refractivity contribution in [3.8, 4) is 11.1 Å². The molecular weight excluding hydrogens is 574 g/mol. The van der Waals surface area contributed by atoms with Gasteiger partial charge in [0.25, 0.3) is 0 Å². The normalized spacial score (nSPS) is 11.8. The van der Waals surface area contributed by atoms with Crippen molar-refractivity contribution in [2.24, 2.45) is 0 Å². The van der Waals surface area contributed by atoms with Crippen LogP contribution in [0, 0.1) is 0 Å². The van der Waals surface area contributed by atoms with Crippen molar-refractivity contribution in [2.45, 2.75) is 0 Å². The van der Waals surface area contributed by atoms with E-state index in [1.54, 1.807) is 0 Å². The second-order valence-corrected chi connectivity index (χ2v) is 12.1. The van der Waals surface area contributed by atoms with Gasteiger partial charge in [-0.15, -0.1) is 0 Å². The maximum atomic E-state index is 6.64. The minimum absolute atomic E-state index is 0.861. The molecule has 0 amide bonds. The van der Waals surface area contributed by atoms with E-state index in [9.17, 15) is 0 Å². The number of hydrogen-bond donors (Lipinski definition) is 0. The van der Waals surface area contributed by atoms with E-state index >= 15 is 0 Å². The minimum atomic E-state index is 0.861. The Hall–Kier alpha value is -6.32. The first-order valence-electron chi connectivity index (χ1n) is 15.9. The summed E-state index contributed by atoms with van der Waals surface area (Å²) in [5.41, 5.74) is 8.87. The molecule has 3 nitrogen and oxygen atoms in total. The summed E-state index contributed by atoms with van der Waals surface area (Å²) < 4.78 is 12.9. The number of nitrogens with zero attached hydrogens (tertiary/aromatic N) is 1. The van der Waals surface area contributed by atoms with E-state index in [1.807, 2.05) is 24.3 Å². The molecule has 0 aliphatic carbocycles. The van der Waals surface area contributed by atoms with Crippen molar-refractivity contribution in [3.05, 3.63) is 164 Å². The van der Waals surface area contributed by atoms with Gasteiger partial charge >= 0.3 is 0 Å². The molecule has 0 unspecified atom stereocenters. The lowest BCUT2D eigenvalue weighted by molar-refractivity contribution is 0.669. The predicted molar refractivity (Wildman–Crippen MR) is 196 cm³/mol. The van der Waals surface area contributed by atoms with Gasteiger partial charge in [0.15, 0.2) is 5.58 Å². The molecule has 0 aliphatic rings. The fraction of sp³-hybridized carbons (Fsp3) is 0. The van der Waals surface area contributed by atoms with Gasteiger partial charge in [0.05, 0.1) is 11.4 Å². The van der Waals surface area contributed by atoms with Gasteiger partial charge in [0, 0.05) is 32.6 Å². The Kier molecular flexibility index (Phi) is 5.57. The lowest BCUT2D eigenvalue weighted by Gasteiger charge is -2.28. The van der Waals surface area contributed by atoms with Gasteiger partial charge in [-0.2, -0.15) is 0 Å². The van der Waals surface area contributed by atoms with Gasteiger partial charge in [-0.25, -0.2) is 0 Å². The van der Waals surface area contributed by atoms with Crippen LogP contribution >= 0.6 is 0 Å². The van der Waals surface area contributed by atoms with Gasteiger partial charge in [-0.1, -0.05) is 115 Å². The summed E-state index contributed by atoms with van der Waals surface area (Å²) in [5, 5.41) is 9.29. The number of para-hydroxylation sites is 3. The van der Waals surface area contributed by atoms with E-state index in [-0.39, 0.29) is 0 Å². The third-order valence-corrected chi connectivity index (χ3v) is 9.43. The van der Waals surface area contributed by atoms with Crippen LogP contribution in [0.5, 0.6) is 0 Å². The molecule has 2 heterocycles. The topological polar surface area (TPSA) is 29.5 Å². The lowest BCUT2D eigenvalue weighted by atomic mass is 9.98. The molecular formula is C44H27NO2. The zero-order valence-corrected chi connectivity index (χ0v) is 25.4. The van der Waals surface area contributed by atoms with Crippen LogP contribution < -0.4 is 4.90 Å². The monoisotopic (exact) mass is 601 g/mol. The summed E-state index contributed by atoms with van der Waals surface area (Å²) in [6, 6.07) is 57.9. The van der Waals surface area contributed by atoms with Crippen molar-refractivity contribution in [1.29, 1.82) is 0 Å². The van der Waals surface area contributed by atoms with E-state index in [0.717, 1.165) is 72.1 Å². The largest absolute Gasteiger partial charge is 0.456 e. The van der Waals surface area contributed by atoms with Crippen molar-refractivity contribution in [2.75, 3.05) is 4.90 Å². The molecule has 0 N–H and O–H groups in total. The summed E-state index contributed by atoms with van der Waals surface area (Å²) in [6.45, 7) is 0. The molecule has 0 saturated carbocycles. The Morgan fingerprint density at radius 1 is 0.340 bits per heavy atom. The SMILES string of the molecule is c1cc(-c2ccc3c(c2)oc2ccccc23)cc(N(c2cc3ccccc3c3ccccc23)c2cccc3c2oc2ccccc23)c1.